The highest BCUT2D eigenvalue weighted by atomic mass is 79.9. The van der Waals surface area contributed by atoms with Gasteiger partial charge in [0.2, 0.25) is 11.8 Å². The van der Waals surface area contributed by atoms with Crippen molar-refractivity contribution in [3.05, 3.63) is 58.6 Å². The van der Waals surface area contributed by atoms with Crippen molar-refractivity contribution in [3.63, 3.8) is 0 Å². The molecular formula is C18H19BrN2O2. The van der Waals surface area contributed by atoms with Crippen LogP contribution in [-0.4, -0.2) is 11.8 Å². The van der Waals surface area contributed by atoms with Crippen molar-refractivity contribution >= 4 is 39.1 Å². The molecule has 0 heterocycles. The maximum Gasteiger partial charge on any atom is 0.239 e. The third-order valence-electron chi connectivity index (χ3n) is 3.49. The van der Waals surface area contributed by atoms with E-state index in [2.05, 4.69) is 26.6 Å². The molecule has 0 atom stereocenters. The fraction of sp³-hybridized carbons (Fsp3) is 0.222. The number of hydrogen-bond acceptors (Lipinski definition) is 2. The molecule has 2 aromatic carbocycles. The lowest BCUT2D eigenvalue weighted by atomic mass is 9.90. The highest BCUT2D eigenvalue weighted by Crippen LogP contribution is 2.23. The molecule has 0 aromatic heterocycles. The molecule has 0 saturated heterocycles. The quantitative estimate of drug-likeness (QED) is 0.780. The molecule has 0 fully saturated rings. The number of aryl methyl sites for hydroxylation is 1. The second-order valence-corrected chi connectivity index (χ2v) is 6.83. The van der Waals surface area contributed by atoms with E-state index in [9.17, 15) is 9.59 Å². The highest BCUT2D eigenvalue weighted by molar-refractivity contribution is 9.10. The molecule has 2 rings (SSSR count). The number of hydrogen-bond donors (Lipinski definition) is 2. The predicted octanol–water partition coefficient (Wildman–Crippen LogP) is 4.36. The molecule has 2 amide bonds. The second-order valence-electron chi connectivity index (χ2n) is 5.91. The van der Waals surface area contributed by atoms with Crippen LogP contribution in [0, 0.1) is 12.3 Å². The van der Waals surface area contributed by atoms with E-state index in [0.29, 0.717) is 11.4 Å². The Morgan fingerprint density at radius 3 is 1.96 bits per heavy atom. The van der Waals surface area contributed by atoms with E-state index in [1.807, 2.05) is 37.3 Å². The van der Waals surface area contributed by atoms with Crippen LogP contribution in [0.1, 0.15) is 19.4 Å². The van der Waals surface area contributed by atoms with Crippen LogP contribution in [0.3, 0.4) is 0 Å². The van der Waals surface area contributed by atoms with Gasteiger partial charge in [-0.3, -0.25) is 9.59 Å². The molecule has 2 N–H and O–H groups in total. The van der Waals surface area contributed by atoms with Gasteiger partial charge in [0.25, 0.3) is 0 Å². The van der Waals surface area contributed by atoms with Gasteiger partial charge < -0.3 is 10.6 Å². The summed E-state index contributed by atoms with van der Waals surface area (Å²) < 4.78 is 0.859. The van der Waals surface area contributed by atoms with E-state index >= 15 is 0 Å². The number of halogens is 1. The number of benzene rings is 2. The molecule has 0 aliphatic carbocycles. The van der Waals surface area contributed by atoms with Gasteiger partial charge in [-0.15, -0.1) is 0 Å². The van der Waals surface area contributed by atoms with Gasteiger partial charge in [-0.05, 0) is 56.7 Å². The van der Waals surface area contributed by atoms with Crippen molar-refractivity contribution in [1.29, 1.82) is 0 Å². The molecule has 0 aliphatic heterocycles. The van der Waals surface area contributed by atoms with E-state index < -0.39 is 5.41 Å². The molecule has 0 unspecified atom stereocenters. The Kier molecular flexibility index (Phi) is 5.21. The summed E-state index contributed by atoms with van der Waals surface area (Å²) in [5.74, 6) is -0.712. The summed E-state index contributed by atoms with van der Waals surface area (Å²) in [7, 11) is 0. The fourth-order valence-corrected chi connectivity index (χ4v) is 2.37. The van der Waals surface area contributed by atoms with Crippen molar-refractivity contribution in [2.75, 3.05) is 10.6 Å². The summed E-state index contributed by atoms with van der Waals surface area (Å²) in [4.78, 5) is 24.9. The zero-order valence-electron chi connectivity index (χ0n) is 13.3. The van der Waals surface area contributed by atoms with Gasteiger partial charge in [0.1, 0.15) is 5.41 Å². The molecule has 0 bridgehead atoms. The molecule has 0 spiro atoms. The van der Waals surface area contributed by atoms with Crippen LogP contribution >= 0.6 is 15.9 Å². The Labute approximate surface area is 144 Å². The van der Waals surface area contributed by atoms with Crippen LogP contribution in [-0.2, 0) is 9.59 Å². The van der Waals surface area contributed by atoms with Gasteiger partial charge in [-0.2, -0.15) is 0 Å². The minimum absolute atomic E-state index is 0.351. The lowest BCUT2D eigenvalue weighted by Gasteiger charge is -2.23. The number of carbonyl (C=O) groups is 2. The average molecular weight is 375 g/mol. The molecule has 5 heteroatoms. The van der Waals surface area contributed by atoms with Gasteiger partial charge in [-0.1, -0.05) is 34.1 Å². The summed E-state index contributed by atoms with van der Waals surface area (Å²) in [6.45, 7) is 5.15. The molecule has 23 heavy (non-hydrogen) atoms. The number of anilines is 2. The maximum absolute atomic E-state index is 12.5. The molecule has 2 aromatic rings. The summed E-state index contributed by atoms with van der Waals surface area (Å²) in [6, 6.07) is 14.7. The molecule has 0 aliphatic rings. The Bertz CT molecular complexity index is 680. The van der Waals surface area contributed by atoms with Crippen LogP contribution < -0.4 is 10.6 Å². The monoisotopic (exact) mass is 374 g/mol. The Hall–Kier alpha value is -2.14. The van der Waals surface area contributed by atoms with Gasteiger partial charge in [-0.25, -0.2) is 0 Å². The van der Waals surface area contributed by atoms with E-state index in [0.717, 1.165) is 10.0 Å². The first-order valence-electron chi connectivity index (χ1n) is 7.24. The highest BCUT2D eigenvalue weighted by Gasteiger charge is 2.36. The predicted molar refractivity (Wildman–Crippen MR) is 96.4 cm³/mol. The van der Waals surface area contributed by atoms with E-state index in [1.54, 1.807) is 32.0 Å². The van der Waals surface area contributed by atoms with Gasteiger partial charge in [0.05, 0.1) is 0 Å². The van der Waals surface area contributed by atoms with E-state index in [-0.39, 0.29) is 11.8 Å². The number of rotatable bonds is 4. The number of carbonyl (C=O) groups excluding carboxylic acids is 2. The first-order valence-corrected chi connectivity index (χ1v) is 8.03. The molecule has 4 nitrogen and oxygen atoms in total. The normalized spacial score (nSPS) is 11.0. The van der Waals surface area contributed by atoms with Gasteiger partial charge in [0.15, 0.2) is 0 Å². The molecule has 0 radical (unpaired) electrons. The topological polar surface area (TPSA) is 58.2 Å². The van der Waals surface area contributed by atoms with Crippen LogP contribution in [0.25, 0.3) is 0 Å². The van der Waals surface area contributed by atoms with E-state index in [4.69, 9.17) is 0 Å². The summed E-state index contributed by atoms with van der Waals surface area (Å²) in [5.41, 5.74) is 1.16. The van der Waals surface area contributed by atoms with E-state index in [1.165, 1.54) is 0 Å². The Morgan fingerprint density at radius 1 is 0.913 bits per heavy atom. The molecule has 120 valence electrons. The van der Waals surface area contributed by atoms with Crippen LogP contribution in [0.2, 0.25) is 0 Å². The van der Waals surface area contributed by atoms with Crippen LogP contribution in [0.4, 0.5) is 11.4 Å². The zero-order chi connectivity index (χ0) is 17.0. The third-order valence-corrected chi connectivity index (χ3v) is 3.99. The Balaban J connectivity index is 2.09. The van der Waals surface area contributed by atoms with Crippen LogP contribution in [0.15, 0.2) is 53.0 Å². The zero-order valence-corrected chi connectivity index (χ0v) is 14.9. The second kappa shape index (κ2) is 6.96. The van der Waals surface area contributed by atoms with Gasteiger partial charge in [0, 0.05) is 15.8 Å². The van der Waals surface area contributed by atoms with Crippen LogP contribution in [0.5, 0.6) is 0 Å². The first-order chi connectivity index (χ1) is 10.8. The third kappa shape index (κ3) is 4.42. The molecule has 0 saturated carbocycles. The SMILES string of the molecule is Cc1cccc(NC(=O)C(C)(C)C(=O)Nc2cccc(Br)c2)c1. The Morgan fingerprint density at radius 2 is 1.43 bits per heavy atom. The largest absolute Gasteiger partial charge is 0.325 e. The molecular weight excluding hydrogens is 356 g/mol. The number of nitrogens with one attached hydrogen (secondary N) is 2. The van der Waals surface area contributed by atoms with Crippen molar-refractivity contribution in [1.82, 2.24) is 0 Å². The smallest absolute Gasteiger partial charge is 0.239 e. The summed E-state index contributed by atoms with van der Waals surface area (Å²) in [5, 5.41) is 5.56. The standard InChI is InChI=1S/C18H19BrN2O2/c1-12-6-4-8-14(10-12)20-16(22)18(2,3)17(23)21-15-9-5-7-13(19)11-15/h4-11H,1-3H3,(H,20,22)(H,21,23). The van der Waals surface area contributed by atoms with Crippen molar-refractivity contribution < 1.29 is 9.59 Å². The lowest BCUT2D eigenvalue weighted by molar-refractivity contribution is -0.135. The average Bonchev–Trinajstić information content (AvgIpc) is 2.47. The summed E-state index contributed by atoms with van der Waals surface area (Å²) in [6.07, 6.45) is 0. The minimum Gasteiger partial charge on any atom is -0.325 e. The van der Waals surface area contributed by atoms with Gasteiger partial charge >= 0.3 is 0 Å². The lowest BCUT2D eigenvalue weighted by Crippen LogP contribution is -2.41. The minimum atomic E-state index is -1.20. The fourth-order valence-electron chi connectivity index (χ4n) is 1.97. The van der Waals surface area contributed by atoms with Crippen molar-refractivity contribution in [2.24, 2.45) is 5.41 Å². The van der Waals surface area contributed by atoms with Crippen molar-refractivity contribution in [3.8, 4) is 0 Å². The first kappa shape index (κ1) is 17.2. The maximum atomic E-state index is 12.5. The van der Waals surface area contributed by atoms with Crippen molar-refractivity contribution in [2.45, 2.75) is 20.8 Å². The number of amides is 2. The summed E-state index contributed by atoms with van der Waals surface area (Å²) >= 11 is 3.35.